The molecule has 0 bridgehead atoms. The number of hydrogen-bond acceptors (Lipinski definition) is 3. The fourth-order valence-corrected chi connectivity index (χ4v) is 1.81. The number of halogens is 1. The largest absolute Gasteiger partial charge is 0.490 e. The van der Waals surface area contributed by atoms with Crippen LogP contribution in [0.25, 0.3) is 0 Å². The van der Waals surface area contributed by atoms with Gasteiger partial charge in [0.1, 0.15) is 19.0 Å². The van der Waals surface area contributed by atoms with Crippen molar-refractivity contribution in [2.75, 3.05) is 18.5 Å². The van der Waals surface area contributed by atoms with Crippen LogP contribution in [0.2, 0.25) is 5.02 Å². The number of carbonyl (C=O) groups is 1. The molecule has 0 fully saturated rings. The molecule has 0 aromatic heterocycles. The summed E-state index contributed by atoms with van der Waals surface area (Å²) in [7, 11) is 0. The number of benzene rings is 2. The number of hydrogen-bond donors (Lipinski definition) is 1. The number of rotatable bonds is 5. The van der Waals surface area contributed by atoms with Crippen molar-refractivity contribution in [2.45, 2.75) is 6.92 Å². The molecule has 1 amide bonds. The van der Waals surface area contributed by atoms with Crippen molar-refractivity contribution in [2.24, 2.45) is 0 Å². The highest BCUT2D eigenvalue weighted by molar-refractivity contribution is 6.30. The van der Waals surface area contributed by atoms with E-state index < -0.39 is 6.09 Å². The summed E-state index contributed by atoms with van der Waals surface area (Å²) in [6, 6.07) is 14.5. The minimum Gasteiger partial charge on any atom is -0.490 e. The molecule has 21 heavy (non-hydrogen) atoms. The molecule has 5 heteroatoms. The van der Waals surface area contributed by atoms with Crippen molar-refractivity contribution < 1.29 is 14.3 Å². The molecule has 4 nitrogen and oxygen atoms in total. The van der Waals surface area contributed by atoms with Gasteiger partial charge in [0.25, 0.3) is 0 Å². The van der Waals surface area contributed by atoms with E-state index in [1.807, 2.05) is 31.2 Å². The Hall–Kier alpha value is -2.20. The standard InChI is InChI=1S/C16H16ClNO3/c1-12-3-2-4-15(11-12)20-9-10-21-16(19)18-14-7-5-13(17)6-8-14/h2-8,11H,9-10H2,1H3,(H,18,19). The first-order valence-corrected chi connectivity index (χ1v) is 6.90. The maximum atomic E-state index is 11.5. The smallest absolute Gasteiger partial charge is 0.411 e. The average molecular weight is 306 g/mol. The summed E-state index contributed by atoms with van der Waals surface area (Å²) in [6.07, 6.45) is -0.523. The number of anilines is 1. The van der Waals surface area contributed by atoms with Crippen LogP contribution in [0.1, 0.15) is 5.56 Å². The van der Waals surface area contributed by atoms with Crippen LogP contribution in [-0.2, 0) is 4.74 Å². The van der Waals surface area contributed by atoms with Gasteiger partial charge in [-0.1, -0.05) is 23.7 Å². The average Bonchev–Trinajstić information content (AvgIpc) is 2.46. The van der Waals surface area contributed by atoms with E-state index in [1.165, 1.54) is 0 Å². The highest BCUT2D eigenvalue weighted by Gasteiger charge is 2.03. The summed E-state index contributed by atoms with van der Waals surface area (Å²) in [4.78, 5) is 11.5. The normalized spacial score (nSPS) is 10.0. The van der Waals surface area contributed by atoms with E-state index in [-0.39, 0.29) is 6.61 Å². The number of carbonyl (C=O) groups excluding carboxylic acids is 1. The van der Waals surface area contributed by atoms with Gasteiger partial charge in [0, 0.05) is 10.7 Å². The predicted molar refractivity (Wildman–Crippen MR) is 83.1 cm³/mol. The van der Waals surface area contributed by atoms with Gasteiger partial charge >= 0.3 is 6.09 Å². The third kappa shape index (κ3) is 5.36. The Morgan fingerprint density at radius 1 is 1.14 bits per heavy atom. The van der Waals surface area contributed by atoms with Gasteiger partial charge in [0.15, 0.2) is 0 Å². The second kappa shape index (κ2) is 7.55. The molecular weight excluding hydrogens is 290 g/mol. The Kier molecular flexibility index (Phi) is 5.46. The Morgan fingerprint density at radius 3 is 2.62 bits per heavy atom. The first-order valence-electron chi connectivity index (χ1n) is 6.52. The van der Waals surface area contributed by atoms with E-state index in [0.29, 0.717) is 17.3 Å². The molecule has 0 heterocycles. The second-order valence-electron chi connectivity index (χ2n) is 4.43. The summed E-state index contributed by atoms with van der Waals surface area (Å²) in [5.41, 5.74) is 1.75. The Labute approximate surface area is 128 Å². The molecule has 0 aliphatic rings. The van der Waals surface area contributed by atoms with E-state index >= 15 is 0 Å². The van der Waals surface area contributed by atoms with E-state index in [2.05, 4.69) is 5.32 Å². The molecular formula is C16H16ClNO3. The predicted octanol–water partition coefficient (Wildman–Crippen LogP) is 4.28. The van der Waals surface area contributed by atoms with E-state index in [1.54, 1.807) is 24.3 Å². The molecule has 0 unspecified atom stereocenters. The Bertz CT molecular complexity index is 599. The van der Waals surface area contributed by atoms with Crippen molar-refractivity contribution in [3.8, 4) is 5.75 Å². The van der Waals surface area contributed by atoms with Gasteiger partial charge in [-0.2, -0.15) is 0 Å². The third-order valence-electron chi connectivity index (χ3n) is 2.67. The van der Waals surface area contributed by atoms with Crippen LogP contribution in [0, 0.1) is 6.92 Å². The van der Waals surface area contributed by atoms with Crippen LogP contribution >= 0.6 is 11.6 Å². The summed E-state index contributed by atoms with van der Waals surface area (Å²) >= 11 is 5.76. The first-order chi connectivity index (χ1) is 10.1. The summed E-state index contributed by atoms with van der Waals surface area (Å²) in [5.74, 6) is 0.761. The van der Waals surface area contributed by atoms with Crippen LogP contribution in [0.3, 0.4) is 0 Å². The number of aryl methyl sites for hydroxylation is 1. The van der Waals surface area contributed by atoms with Gasteiger partial charge in [-0.05, 0) is 48.9 Å². The minimum atomic E-state index is -0.523. The fraction of sp³-hybridized carbons (Fsp3) is 0.188. The summed E-state index contributed by atoms with van der Waals surface area (Å²) in [6.45, 7) is 2.47. The van der Waals surface area contributed by atoms with Crippen LogP contribution in [0.5, 0.6) is 5.75 Å². The first kappa shape index (κ1) is 15.2. The molecule has 0 aliphatic carbocycles. The molecule has 0 spiro atoms. The maximum Gasteiger partial charge on any atom is 0.411 e. The zero-order valence-corrected chi connectivity index (χ0v) is 12.4. The molecule has 0 saturated heterocycles. The fourth-order valence-electron chi connectivity index (χ4n) is 1.69. The van der Waals surface area contributed by atoms with Gasteiger partial charge < -0.3 is 9.47 Å². The highest BCUT2D eigenvalue weighted by atomic mass is 35.5. The molecule has 0 radical (unpaired) electrons. The highest BCUT2D eigenvalue weighted by Crippen LogP contribution is 2.14. The van der Waals surface area contributed by atoms with Crippen LogP contribution in [0.15, 0.2) is 48.5 Å². The van der Waals surface area contributed by atoms with E-state index in [4.69, 9.17) is 21.1 Å². The number of amides is 1. The van der Waals surface area contributed by atoms with Gasteiger partial charge in [-0.25, -0.2) is 4.79 Å². The third-order valence-corrected chi connectivity index (χ3v) is 2.92. The molecule has 2 aromatic rings. The molecule has 0 aliphatic heterocycles. The van der Waals surface area contributed by atoms with Crippen molar-refractivity contribution in [1.82, 2.24) is 0 Å². The van der Waals surface area contributed by atoms with Crippen molar-refractivity contribution >= 4 is 23.4 Å². The molecule has 2 aromatic carbocycles. The van der Waals surface area contributed by atoms with Crippen molar-refractivity contribution in [1.29, 1.82) is 0 Å². The van der Waals surface area contributed by atoms with Crippen LogP contribution < -0.4 is 10.1 Å². The zero-order chi connectivity index (χ0) is 15.1. The Morgan fingerprint density at radius 2 is 1.90 bits per heavy atom. The topological polar surface area (TPSA) is 47.6 Å². The SMILES string of the molecule is Cc1cccc(OCCOC(=O)Nc2ccc(Cl)cc2)c1. The van der Waals surface area contributed by atoms with Gasteiger partial charge in [0.05, 0.1) is 0 Å². The molecule has 0 saturated carbocycles. The van der Waals surface area contributed by atoms with Crippen LogP contribution in [-0.4, -0.2) is 19.3 Å². The number of ether oxygens (including phenoxy) is 2. The van der Waals surface area contributed by atoms with E-state index in [9.17, 15) is 4.79 Å². The summed E-state index contributed by atoms with van der Waals surface area (Å²) < 4.78 is 10.5. The quantitative estimate of drug-likeness (QED) is 0.839. The van der Waals surface area contributed by atoms with Crippen molar-refractivity contribution in [3.63, 3.8) is 0 Å². The number of nitrogens with one attached hydrogen (secondary N) is 1. The minimum absolute atomic E-state index is 0.174. The molecule has 110 valence electrons. The van der Waals surface area contributed by atoms with Gasteiger partial charge in [-0.15, -0.1) is 0 Å². The maximum absolute atomic E-state index is 11.5. The lowest BCUT2D eigenvalue weighted by Crippen LogP contribution is -2.17. The van der Waals surface area contributed by atoms with E-state index in [0.717, 1.165) is 11.3 Å². The lowest BCUT2D eigenvalue weighted by Gasteiger charge is -2.09. The Balaban J connectivity index is 1.68. The molecule has 0 atom stereocenters. The monoisotopic (exact) mass is 305 g/mol. The lowest BCUT2D eigenvalue weighted by atomic mass is 10.2. The molecule has 2 rings (SSSR count). The second-order valence-corrected chi connectivity index (χ2v) is 4.87. The lowest BCUT2D eigenvalue weighted by molar-refractivity contribution is 0.138. The zero-order valence-electron chi connectivity index (χ0n) is 11.6. The van der Waals surface area contributed by atoms with Crippen LogP contribution in [0.4, 0.5) is 10.5 Å². The summed E-state index contributed by atoms with van der Waals surface area (Å²) in [5, 5.41) is 3.21. The van der Waals surface area contributed by atoms with Crippen molar-refractivity contribution in [3.05, 3.63) is 59.1 Å². The van der Waals surface area contributed by atoms with Gasteiger partial charge in [0.2, 0.25) is 0 Å². The molecule has 1 N–H and O–H groups in total. The van der Waals surface area contributed by atoms with Gasteiger partial charge in [-0.3, -0.25) is 5.32 Å².